The molecule has 0 bridgehead atoms. The number of pyridine rings is 1. The lowest BCUT2D eigenvalue weighted by atomic mass is 10.1. The number of para-hydroxylation sites is 1. The number of amides is 1. The monoisotopic (exact) mass is 376 g/mol. The van der Waals surface area contributed by atoms with Gasteiger partial charge in [0.25, 0.3) is 5.56 Å². The first-order valence-electron chi connectivity index (χ1n) is 8.90. The molecule has 1 amide bonds. The number of hydrogen-bond acceptors (Lipinski definition) is 6. The maximum absolute atomic E-state index is 12.5. The molecule has 0 unspecified atom stereocenters. The summed E-state index contributed by atoms with van der Waals surface area (Å²) in [5.74, 6) is 0.489. The zero-order valence-electron chi connectivity index (χ0n) is 15.5. The molecule has 2 heterocycles. The molecular formula is C20H20N6O2. The molecule has 0 saturated heterocycles. The molecular weight excluding hydrogens is 356 g/mol. The van der Waals surface area contributed by atoms with Gasteiger partial charge in [-0.1, -0.05) is 12.1 Å². The van der Waals surface area contributed by atoms with Crippen LogP contribution in [0.3, 0.4) is 0 Å². The second-order valence-corrected chi connectivity index (χ2v) is 6.28. The summed E-state index contributed by atoms with van der Waals surface area (Å²) in [6.07, 6.45) is 3.16. The van der Waals surface area contributed by atoms with Gasteiger partial charge in [-0.15, -0.1) is 0 Å². The Hall–Kier alpha value is -3.73. The third kappa shape index (κ3) is 4.51. The highest BCUT2D eigenvalue weighted by Gasteiger charge is 2.07. The van der Waals surface area contributed by atoms with E-state index >= 15 is 0 Å². The van der Waals surface area contributed by atoms with Crippen molar-refractivity contribution in [3.63, 3.8) is 0 Å². The van der Waals surface area contributed by atoms with E-state index in [2.05, 4.69) is 20.6 Å². The van der Waals surface area contributed by atoms with Crippen LogP contribution in [-0.4, -0.2) is 33.5 Å². The van der Waals surface area contributed by atoms with Gasteiger partial charge < -0.3 is 10.6 Å². The van der Waals surface area contributed by atoms with E-state index in [1.54, 1.807) is 18.2 Å². The average molecular weight is 376 g/mol. The molecule has 2 N–H and O–H groups in total. The first kappa shape index (κ1) is 19.0. The highest BCUT2D eigenvalue weighted by atomic mass is 16.1. The standard InChI is InChI=1S/C20H20N6O2/c1-14-3-2-4-16-19(14)25-13-26(20(16)28)10-7-18(27)23-9-8-22-17-6-5-15(11-21)12-24-17/h2-6,12-13H,7-10H2,1H3,(H,22,24)(H,23,27). The Morgan fingerprint density at radius 2 is 2.07 bits per heavy atom. The summed E-state index contributed by atoms with van der Waals surface area (Å²) in [5, 5.41) is 15.1. The van der Waals surface area contributed by atoms with Crippen molar-refractivity contribution in [2.75, 3.05) is 18.4 Å². The summed E-state index contributed by atoms with van der Waals surface area (Å²) in [7, 11) is 0. The second kappa shape index (κ2) is 8.77. The molecule has 0 atom stereocenters. The fourth-order valence-electron chi connectivity index (χ4n) is 2.76. The first-order valence-corrected chi connectivity index (χ1v) is 8.90. The van der Waals surface area contributed by atoms with Crippen LogP contribution >= 0.6 is 0 Å². The van der Waals surface area contributed by atoms with Crippen molar-refractivity contribution in [1.82, 2.24) is 19.9 Å². The molecule has 0 radical (unpaired) electrons. The van der Waals surface area contributed by atoms with Gasteiger partial charge in [-0.25, -0.2) is 9.97 Å². The van der Waals surface area contributed by atoms with Crippen molar-refractivity contribution in [2.45, 2.75) is 19.9 Å². The summed E-state index contributed by atoms with van der Waals surface area (Å²) in [5.41, 5.74) is 1.99. The van der Waals surface area contributed by atoms with Crippen molar-refractivity contribution in [2.24, 2.45) is 0 Å². The molecule has 8 nitrogen and oxygen atoms in total. The summed E-state index contributed by atoms with van der Waals surface area (Å²) >= 11 is 0. The van der Waals surface area contributed by atoms with Gasteiger partial charge in [-0.3, -0.25) is 14.2 Å². The molecule has 28 heavy (non-hydrogen) atoms. The van der Waals surface area contributed by atoms with E-state index < -0.39 is 0 Å². The molecule has 0 aliphatic rings. The molecule has 3 rings (SSSR count). The van der Waals surface area contributed by atoms with E-state index in [1.807, 2.05) is 25.1 Å². The average Bonchev–Trinajstić information content (AvgIpc) is 2.72. The Balaban J connectivity index is 1.47. The first-order chi connectivity index (χ1) is 13.6. The van der Waals surface area contributed by atoms with E-state index in [-0.39, 0.29) is 24.4 Å². The predicted molar refractivity (Wildman–Crippen MR) is 106 cm³/mol. The van der Waals surface area contributed by atoms with Crippen molar-refractivity contribution < 1.29 is 4.79 Å². The molecule has 142 valence electrons. The van der Waals surface area contributed by atoms with Gasteiger partial charge >= 0.3 is 0 Å². The van der Waals surface area contributed by atoms with Crippen LogP contribution in [0.25, 0.3) is 10.9 Å². The number of hydrogen-bond donors (Lipinski definition) is 2. The van der Waals surface area contributed by atoms with Crippen molar-refractivity contribution >= 4 is 22.6 Å². The molecule has 2 aromatic heterocycles. The van der Waals surface area contributed by atoms with Crippen LogP contribution in [0.15, 0.2) is 47.7 Å². The van der Waals surface area contributed by atoms with Gasteiger partial charge in [0.1, 0.15) is 11.9 Å². The highest BCUT2D eigenvalue weighted by molar-refractivity contribution is 5.80. The Labute approximate surface area is 161 Å². The van der Waals surface area contributed by atoms with E-state index in [1.165, 1.54) is 17.1 Å². The smallest absolute Gasteiger partial charge is 0.261 e. The van der Waals surface area contributed by atoms with Gasteiger partial charge in [0.05, 0.1) is 22.8 Å². The van der Waals surface area contributed by atoms with E-state index in [4.69, 9.17) is 5.26 Å². The van der Waals surface area contributed by atoms with E-state index in [0.717, 1.165) is 5.56 Å². The van der Waals surface area contributed by atoms with E-state index in [9.17, 15) is 9.59 Å². The molecule has 8 heteroatoms. The Kier molecular flexibility index (Phi) is 5.97. The summed E-state index contributed by atoms with van der Waals surface area (Å²) in [6.45, 7) is 3.10. The zero-order chi connectivity index (χ0) is 19.9. The minimum Gasteiger partial charge on any atom is -0.368 e. The third-order valence-corrected chi connectivity index (χ3v) is 4.28. The summed E-state index contributed by atoms with van der Waals surface area (Å²) in [6, 6.07) is 10.9. The van der Waals surface area contributed by atoms with Crippen LogP contribution in [0, 0.1) is 18.3 Å². The van der Waals surface area contributed by atoms with Gasteiger partial charge in [-0.05, 0) is 30.7 Å². The van der Waals surface area contributed by atoms with Gasteiger partial charge in [-0.2, -0.15) is 5.26 Å². The number of anilines is 1. The second-order valence-electron chi connectivity index (χ2n) is 6.28. The third-order valence-electron chi connectivity index (χ3n) is 4.28. The lowest BCUT2D eigenvalue weighted by Crippen LogP contribution is -2.31. The molecule has 0 saturated carbocycles. The number of fused-ring (bicyclic) bond motifs is 1. The number of carbonyl (C=O) groups is 1. The Morgan fingerprint density at radius 3 is 2.82 bits per heavy atom. The molecule has 3 aromatic rings. The number of aromatic nitrogens is 3. The van der Waals surface area contributed by atoms with Crippen LogP contribution in [0.5, 0.6) is 0 Å². The zero-order valence-corrected chi connectivity index (χ0v) is 15.5. The topological polar surface area (TPSA) is 113 Å². The maximum Gasteiger partial charge on any atom is 0.261 e. The Bertz CT molecular complexity index is 1080. The predicted octanol–water partition coefficient (Wildman–Crippen LogP) is 1.59. The van der Waals surface area contributed by atoms with E-state index in [0.29, 0.717) is 35.4 Å². The minimum absolute atomic E-state index is 0.143. The fourth-order valence-corrected chi connectivity index (χ4v) is 2.76. The van der Waals surface area contributed by atoms with Crippen molar-refractivity contribution in [3.8, 4) is 6.07 Å². The summed E-state index contributed by atoms with van der Waals surface area (Å²) < 4.78 is 1.46. The van der Waals surface area contributed by atoms with Crippen LogP contribution in [0.1, 0.15) is 17.5 Å². The molecule has 0 fully saturated rings. The lowest BCUT2D eigenvalue weighted by molar-refractivity contribution is -0.121. The number of nitrogens with one attached hydrogen (secondary N) is 2. The van der Waals surface area contributed by atoms with Crippen LogP contribution in [0.4, 0.5) is 5.82 Å². The van der Waals surface area contributed by atoms with Crippen molar-refractivity contribution in [3.05, 3.63) is 64.3 Å². The SMILES string of the molecule is Cc1cccc2c(=O)n(CCC(=O)NCCNc3ccc(C#N)cn3)cnc12. The number of benzene rings is 1. The quantitative estimate of drug-likeness (QED) is 0.606. The highest BCUT2D eigenvalue weighted by Crippen LogP contribution is 2.11. The number of nitrogens with zero attached hydrogens (tertiary/aromatic N) is 4. The molecule has 1 aromatic carbocycles. The van der Waals surface area contributed by atoms with Crippen molar-refractivity contribution in [1.29, 1.82) is 5.26 Å². The number of aryl methyl sites for hydroxylation is 2. The Morgan fingerprint density at radius 1 is 1.21 bits per heavy atom. The van der Waals surface area contributed by atoms with Crippen LogP contribution in [0.2, 0.25) is 0 Å². The van der Waals surface area contributed by atoms with Crippen LogP contribution in [-0.2, 0) is 11.3 Å². The normalized spacial score (nSPS) is 10.4. The molecule has 0 aliphatic heterocycles. The number of nitriles is 1. The number of rotatable bonds is 7. The molecule has 0 spiro atoms. The minimum atomic E-state index is -0.147. The largest absolute Gasteiger partial charge is 0.368 e. The maximum atomic E-state index is 12.5. The van der Waals surface area contributed by atoms with Gasteiger partial charge in [0.2, 0.25) is 5.91 Å². The molecule has 0 aliphatic carbocycles. The van der Waals surface area contributed by atoms with Gasteiger partial charge in [0.15, 0.2) is 0 Å². The summed E-state index contributed by atoms with van der Waals surface area (Å²) in [4.78, 5) is 33.0. The van der Waals surface area contributed by atoms with Gasteiger partial charge in [0, 0.05) is 32.3 Å². The lowest BCUT2D eigenvalue weighted by Gasteiger charge is -2.09. The fraction of sp³-hybridized carbons (Fsp3) is 0.250. The number of carbonyl (C=O) groups excluding carboxylic acids is 1. The van der Waals surface area contributed by atoms with Crippen LogP contribution < -0.4 is 16.2 Å².